The normalized spacial score (nSPS) is 16.0. The summed E-state index contributed by atoms with van der Waals surface area (Å²) in [5.41, 5.74) is 1.66. The molecule has 0 aliphatic carbocycles. The fourth-order valence-electron chi connectivity index (χ4n) is 4.02. The number of ether oxygens (including phenoxy) is 3. The fourth-order valence-corrected chi connectivity index (χ4v) is 4.02. The Hall–Kier alpha value is -3.55. The van der Waals surface area contributed by atoms with Gasteiger partial charge in [-0.3, -0.25) is 4.79 Å². The molecule has 1 unspecified atom stereocenters. The van der Waals surface area contributed by atoms with Crippen molar-refractivity contribution < 1.29 is 23.5 Å². The van der Waals surface area contributed by atoms with Crippen LogP contribution in [0.15, 0.2) is 47.0 Å². The summed E-state index contributed by atoms with van der Waals surface area (Å²) in [6.07, 6.45) is 2.08. The molecule has 0 radical (unpaired) electrons. The minimum atomic E-state index is 0.00626. The molecule has 3 aromatic rings. The van der Waals surface area contributed by atoms with Gasteiger partial charge in [0.1, 0.15) is 5.75 Å². The second-order valence-corrected chi connectivity index (χ2v) is 7.69. The van der Waals surface area contributed by atoms with Gasteiger partial charge in [0.2, 0.25) is 17.6 Å². The minimum Gasteiger partial charge on any atom is -0.496 e. The largest absolute Gasteiger partial charge is 0.496 e. The van der Waals surface area contributed by atoms with Crippen molar-refractivity contribution in [3.8, 4) is 28.6 Å². The van der Waals surface area contributed by atoms with Crippen LogP contribution in [0.2, 0.25) is 0 Å². The topological polar surface area (TPSA) is 86.9 Å². The number of para-hydroxylation sites is 1. The van der Waals surface area contributed by atoms with Crippen LogP contribution in [0, 0.1) is 0 Å². The molecule has 8 heteroatoms. The van der Waals surface area contributed by atoms with Gasteiger partial charge in [-0.2, -0.15) is 4.98 Å². The van der Waals surface area contributed by atoms with E-state index in [0.717, 1.165) is 36.3 Å². The monoisotopic (exact) mass is 437 g/mol. The van der Waals surface area contributed by atoms with Crippen molar-refractivity contribution in [2.45, 2.75) is 25.2 Å². The van der Waals surface area contributed by atoms with E-state index < -0.39 is 0 Å². The van der Waals surface area contributed by atoms with Gasteiger partial charge in [0.05, 0.1) is 33.7 Å². The number of benzene rings is 2. The molecule has 1 aromatic heterocycles. The lowest BCUT2D eigenvalue weighted by molar-refractivity contribution is -0.131. The molecule has 1 amide bonds. The van der Waals surface area contributed by atoms with E-state index >= 15 is 0 Å². The summed E-state index contributed by atoms with van der Waals surface area (Å²) in [6.45, 7) is 1.28. The van der Waals surface area contributed by atoms with Gasteiger partial charge in [-0.15, -0.1) is 0 Å². The number of hydrogen-bond acceptors (Lipinski definition) is 7. The van der Waals surface area contributed by atoms with Gasteiger partial charge in [0, 0.05) is 24.2 Å². The molecule has 1 fully saturated rings. The standard InChI is InChI=1S/C24H27N3O5/c1-29-19-9-5-4-7-16(19)14-22(28)27-12-6-8-18(15-27)24-25-23(26-32-24)17-10-11-20(30-2)21(13-17)31-3/h4-5,7,9-11,13,18H,6,8,12,14-15H2,1-3H3. The van der Waals surface area contributed by atoms with Crippen LogP contribution in [0.5, 0.6) is 17.2 Å². The lowest BCUT2D eigenvalue weighted by atomic mass is 9.97. The van der Waals surface area contributed by atoms with Crippen LogP contribution in [0.3, 0.4) is 0 Å². The Kier molecular flexibility index (Phi) is 6.58. The number of amides is 1. The van der Waals surface area contributed by atoms with Crippen molar-refractivity contribution in [3.05, 3.63) is 53.9 Å². The van der Waals surface area contributed by atoms with E-state index in [9.17, 15) is 4.79 Å². The van der Waals surface area contributed by atoms with E-state index in [0.29, 0.717) is 36.2 Å². The smallest absolute Gasteiger partial charge is 0.231 e. The minimum absolute atomic E-state index is 0.00626. The summed E-state index contributed by atoms with van der Waals surface area (Å²) in [5.74, 6) is 3.07. The first-order chi connectivity index (χ1) is 15.6. The van der Waals surface area contributed by atoms with Gasteiger partial charge in [-0.1, -0.05) is 23.4 Å². The third-order valence-corrected chi connectivity index (χ3v) is 5.74. The molecule has 1 saturated heterocycles. The van der Waals surface area contributed by atoms with Gasteiger partial charge in [0.15, 0.2) is 11.5 Å². The zero-order valence-corrected chi connectivity index (χ0v) is 18.5. The van der Waals surface area contributed by atoms with Gasteiger partial charge >= 0.3 is 0 Å². The Bertz CT molecular complexity index is 1080. The van der Waals surface area contributed by atoms with Crippen molar-refractivity contribution in [2.24, 2.45) is 0 Å². The number of carbonyl (C=O) groups excluding carboxylic acids is 1. The first-order valence-corrected chi connectivity index (χ1v) is 10.6. The number of likely N-dealkylation sites (tertiary alicyclic amines) is 1. The molecule has 0 N–H and O–H groups in total. The molecule has 2 heterocycles. The van der Waals surface area contributed by atoms with E-state index in [4.69, 9.17) is 18.7 Å². The van der Waals surface area contributed by atoms with Crippen LogP contribution in [0.1, 0.15) is 30.2 Å². The molecule has 1 atom stereocenters. The maximum Gasteiger partial charge on any atom is 0.231 e. The van der Waals surface area contributed by atoms with Crippen LogP contribution < -0.4 is 14.2 Å². The summed E-state index contributed by atoms with van der Waals surface area (Å²) in [6, 6.07) is 13.1. The van der Waals surface area contributed by atoms with Crippen LogP contribution in [-0.2, 0) is 11.2 Å². The van der Waals surface area contributed by atoms with Crippen LogP contribution in [-0.4, -0.2) is 55.4 Å². The van der Waals surface area contributed by atoms with Crippen molar-refractivity contribution in [1.82, 2.24) is 15.0 Å². The van der Waals surface area contributed by atoms with E-state index in [1.807, 2.05) is 47.4 Å². The summed E-state index contributed by atoms with van der Waals surface area (Å²) in [4.78, 5) is 19.4. The zero-order valence-electron chi connectivity index (χ0n) is 18.5. The van der Waals surface area contributed by atoms with E-state index in [-0.39, 0.29) is 11.8 Å². The number of nitrogens with zero attached hydrogens (tertiary/aromatic N) is 3. The number of carbonyl (C=O) groups is 1. The number of hydrogen-bond donors (Lipinski definition) is 0. The Morgan fingerprint density at radius 3 is 2.62 bits per heavy atom. The molecule has 0 saturated carbocycles. The molecule has 168 valence electrons. The first-order valence-electron chi connectivity index (χ1n) is 10.6. The molecular weight excluding hydrogens is 410 g/mol. The predicted molar refractivity (Wildman–Crippen MR) is 118 cm³/mol. The number of methoxy groups -OCH3 is 3. The molecule has 1 aliphatic heterocycles. The molecule has 8 nitrogen and oxygen atoms in total. The van der Waals surface area contributed by atoms with E-state index in [2.05, 4.69) is 10.1 Å². The van der Waals surface area contributed by atoms with Crippen LogP contribution >= 0.6 is 0 Å². The first kappa shape index (κ1) is 21.7. The highest BCUT2D eigenvalue weighted by atomic mass is 16.5. The number of rotatable bonds is 7. The average Bonchev–Trinajstić information content (AvgIpc) is 3.34. The molecule has 4 rings (SSSR count). The van der Waals surface area contributed by atoms with Crippen molar-refractivity contribution in [1.29, 1.82) is 0 Å². The Morgan fingerprint density at radius 2 is 1.84 bits per heavy atom. The summed E-state index contributed by atoms with van der Waals surface area (Å²) < 4.78 is 21.6. The highest BCUT2D eigenvalue weighted by Gasteiger charge is 2.29. The fraction of sp³-hybridized carbons (Fsp3) is 0.375. The third kappa shape index (κ3) is 4.54. The maximum absolute atomic E-state index is 12.9. The average molecular weight is 437 g/mol. The molecule has 32 heavy (non-hydrogen) atoms. The summed E-state index contributed by atoms with van der Waals surface area (Å²) >= 11 is 0. The van der Waals surface area contributed by atoms with Gasteiger partial charge in [0.25, 0.3) is 0 Å². The van der Waals surface area contributed by atoms with E-state index in [1.165, 1.54) is 0 Å². The van der Waals surface area contributed by atoms with Gasteiger partial charge < -0.3 is 23.6 Å². The SMILES string of the molecule is COc1ccccc1CC(=O)N1CCCC(c2nc(-c3ccc(OC)c(OC)c3)no2)C1. The van der Waals surface area contributed by atoms with E-state index in [1.54, 1.807) is 21.3 Å². The molecular formula is C24H27N3O5. The molecule has 0 bridgehead atoms. The quantitative estimate of drug-likeness (QED) is 0.557. The Morgan fingerprint density at radius 1 is 1.06 bits per heavy atom. The second-order valence-electron chi connectivity index (χ2n) is 7.69. The third-order valence-electron chi connectivity index (χ3n) is 5.74. The Balaban J connectivity index is 1.46. The predicted octanol–water partition coefficient (Wildman–Crippen LogP) is 3.71. The molecule has 0 spiro atoms. The van der Waals surface area contributed by atoms with Crippen molar-refractivity contribution >= 4 is 5.91 Å². The highest BCUT2D eigenvalue weighted by molar-refractivity contribution is 5.79. The lowest BCUT2D eigenvalue weighted by Crippen LogP contribution is -2.40. The van der Waals surface area contributed by atoms with Crippen LogP contribution in [0.25, 0.3) is 11.4 Å². The number of aromatic nitrogens is 2. The molecule has 2 aromatic carbocycles. The second kappa shape index (κ2) is 9.72. The van der Waals surface area contributed by atoms with Crippen molar-refractivity contribution in [2.75, 3.05) is 34.4 Å². The van der Waals surface area contributed by atoms with Crippen LogP contribution in [0.4, 0.5) is 0 Å². The van der Waals surface area contributed by atoms with Gasteiger partial charge in [-0.25, -0.2) is 0 Å². The molecule has 1 aliphatic rings. The number of piperidine rings is 1. The van der Waals surface area contributed by atoms with Crippen molar-refractivity contribution in [3.63, 3.8) is 0 Å². The summed E-state index contributed by atoms with van der Waals surface area (Å²) in [5, 5.41) is 4.15. The van der Waals surface area contributed by atoms with Gasteiger partial charge in [-0.05, 0) is 37.1 Å². The zero-order chi connectivity index (χ0) is 22.5. The maximum atomic E-state index is 12.9. The highest BCUT2D eigenvalue weighted by Crippen LogP contribution is 2.33. The Labute approximate surface area is 187 Å². The summed E-state index contributed by atoms with van der Waals surface area (Å²) in [7, 11) is 4.79. The lowest BCUT2D eigenvalue weighted by Gasteiger charge is -2.31.